The summed E-state index contributed by atoms with van der Waals surface area (Å²) in [4.78, 5) is 4.90. The van der Waals surface area contributed by atoms with Crippen molar-refractivity contribution >= 4 is 11.6 Å². The lowest BCUT2D eigenvalue weighted by Gasteiger charge is -2.32. The van der Waals surface area contributed by atoms with Crippen LogP contribution in [0.3, 0.4) is 0 Å². The number of piperazine rings is 1. The average Bonchev–Trinajstić information content (AvgIpc) is 2.32. The van der Waals surface area contributed by atoms with Crippen LogP contribution in [0, 0.1) is 0 Å². The molecule has 2 rings (SSSR count). The maximum Gasteiger partial charge on any atom is 0.0409 e. The quantitative estimate of drug-likeness (QED) is 0.816. The minimum Gasteiger partial charge on any atom is -0.304 e. The molecule has 0 aromatic heterocycles. The molecule has 0 amide bonds. The van der Waals surface area contributed by atoms with Crippen molar-refractivity contribution < 1.29 is 0 Å². The number of hydrogen-bond acceptors (Lipinski definition) is 2. The van der Waals surface area contributed by atoms with Crippen molar-refractivity contribution in [2.45, 2.75) is 19.9 Å². The summed E-state index contributed by atoms with van der Waals surface area (Å²) in [7, 11) is 2.19. The van der Waals surface area contributed by atoms with E-state index in [-0.39, 0.29) is 0 Å². The number of likely N-dealkylation sites (N-methyl/N-ethyl adjacent to an activating group) is 1. The standard InChI is InChI=1S/C14H21ClN2/c1-3-12-4-5-14(15)10-13(12)11-17-8-6-16(2)7-9-17/h4-5,10H,3,6-9,11H2,1-2H3. The Balaban J connectivity index is 2.04. The highest BCUT2D eigenvalue weighted by Crippen LogP contribution is 2.19. The summed E-state index contributed by atoms with van der Waals surface area (Å²) in [6.07, 6.45) is 1.08. The van der Waals surface area contributed by atoms with E-state index in [4.69, 9.17) is 11.6 Å². The molecule has 94 valence electrons. The molecule has 3 heteroatoms. The van der Waals surface area contributed by atoms with Gasteiger partial charge in [0.05, 0.1) is 0 Å². The molecule has 0 aliphatic carbocycles. The van der Waals surface area contributed by atoms with Gasteiger partial charge in [0, 0.05) is 37.7 Å². The van der Waals surface area contributed by atoms with Gasteiger partial charge in [-0.15, -0.1) is 0 Å². The van der Waals surface area contributed by atoms with Crippen LogP contribution < -0.4 is 0 Å². The van der Waals surface area contributed by atoms with E-state index in [1.165, 1.54) is 24.2 Å². The second kappa shape index (κ2) is 5.85. The first-order valence-corrected chi connectivity index (χ1v) is 6.75. The molecule has 0 radical (unpaired) electrons. The number of aryl methyl sites for hydroxylation is 1. The number of halogens is 1. The third kappa shape index (κ3) is 3.44. The minimum absolute atomic E-state index is 0.853. The summed E-state index contributed by atoms with van der Waals surface area (Å²) >= 11 is 6.09. The summed E-state index contributed by atoms with van der Waals surface area (Å²) < 4.78 is 0. The number of rotatable bonds is 3. The third-order valence-electron chi connectivity index (χ3n) is 3.54. The zero-order valence-corrected chi connectivity index (χ0v) is 11.5. The Morgan fingerprint density at radius 1 is 1.12 bits per heavy atom. The van der Waals surface area contributed by atoms with Gasteiger partial charge in [0.2, 0.25) is 0 Å². The van der Waals surface area contributed by atoms with Crippen LogP contribution in [0.5, 0.6) is 0 Å². The summed E-state index contributed by atoms with van der Waals surface area (Å²) in [6.45, 7) is 7.90. The molecule has 0 saturated carbocycles. The molecule has 0 unspecified atom stereocenters. The first-order valence-electron chi connectivity index (χ1n) is 6.37. The van der Waals surface area contributed by atoms with Crippen molar-refractivity contribution in [3.05, 3.63) is 34.3 Å². The third-order valence-corrected chi connectivity index (χ3v) is 3.77. The van der Waals surface area contributed by atoms with Crippen molar-refractivity contribution in [2.75, 3.05) is 33.2 Å². The highest BCUT2D eigenvalue weighted by Gasteiger charge is 2.15. The van der Waals surface area contributed by atoms with Crippen LogP contribution in [-0.2, 0) is 13.0 Å². The molecular formula is C14H21ClN2. The first kappa shape index (κ1) is 12.9. The van der Waals surface area contributed by atoms with Crippen LogP contribution in [0.1, 0.15) is 18.1 Å². The lowest BCUT2D eigenvalue weighted by atomic mass is 10.0. The Morgan fingerprint density at radius 3 is 2.47 bits per heavy atom. The molecule has 1 aromatic carbocycles. The molecule has 1 aliphatic rings. The van der Waals surface area contributed by atoms with Gasteiger partial charge in [-0.3, -0.25) is 4.90 Å². The molecule has 17 heavy (non-hydrogen) atoms. The smallest absolute Gasteiger partial charge is 0.0409 e. The number of nitrogens with zero attached hydrogens (tertiary/aromatic N) is 2. The predicted molar refractivity (Wildman–Crippen MR) is 73.6 cm³/mol. The first-order chi connectivity index (χ1) is 8.19. The van der Waals surface area contributed by atoms with Crippen molar-refractivity contribution in [1.82, 2.24) is 9.80 Å². The van der Waals surface area contributed by atoms with Crippen molar-refractivity contribution in [2.24, 2.45) is 0 Å². The lowest BCUT2D eigenvalue weighted by molar-refractivity contribution is 0.148. The largest absolute Gasteiger partial charge is 0.304 e. The van der Waals surface area contributed by atoms with E-state index in [1.54, 1.807) is 0 Å². The highest BCUT2D eigenvalue weighted by atomic mass is 35.5. The molecule has 1 aliphatic heterocycles. The Hall–Kier alpha value is -0.570. The van der Waals surface area contributed by atoms with Gasteiger partial charge in [-0.2, -0.15) is 0 Å². The van der Waals surface area contributed by atoms with E-state index in [1.807, 2.05) is 6.07 Å². The van der Waals surface area contributed by atoms with Gasteiger partial charge < -0.3 is 4.90 Å². The van der Waals surface area contributed by atoms with Crippen LogP contribution >= 0.6 is 11.6 Å². The van der Waals surface area contributed by atoms with Crippen molar-refractivity contribution in [3.8, 4) is 0 Å². The number of benzene rings is 1. The summed E-state index contributed by atoms with van der Waals surface area (Å²) in [6, 6.07) is 6.28. The van der Waals surface area contributed by atoms with Gasteiger partial charge in [-0.25, -0.2) is 0 Å². The fourth-order valence-corrected chi connectivity index (χ4v) is 2.53. The summed E-state index contributed by atoms with van der Waals surface area (Å²) in [5.74, 6) is 0. The van der Waals surface area contributed by atoms with Gasteiger partial charge >= 0.3 is 0 Å². The molecule has 1 heterocycles. The molecule has 1 saturated heterocycles. The lowest BCUT2D eigenvalue weighted by Crippen LogP contribution is -2.44. The monoisotopic (exact) mass is 252 g/mol. The molecule has 1 aromatic rings. The number of hydrogen-bond donors (Lipinski definition) is 0. The maximum absolute atomic E-state index is 6.09. The van der Waals surface area contributed by atoms with Gasteiger partial charge in [-0.1, -0.05) is 24.6 Å². The van der Waals surface area contributed by atoms with Crippen LogP contribution in [0.4, 0.5) is 0 Å². The van der Waals surface area contributed by atoms with Gasteiger partial charge in [0.1, 0.15) is 0 Å². The fourth-order valence-electron chi connectivity index (χ4n) is 2.33. The molecular weight excluding hydrogens is 232 g/mol. The van der Waals surface area contributed by atoms with Gasteiger partial charge in [0.25, 0.3) is 0 Å². The Kier molecular flexibility index (Phi) is 4.43. The Morgan fingerprint density at radius 2 is 1.82 bits per heavy atom. The van der Waals surface area contributed by atoms with E-state index < -0.39 is 0 Å². The zero-order valence-electron chi connectivity index (χ0n) is 10.7. The van der Waals surface area contributed by atoms with E-state index in [2.05, 4.69) is 35.9 Å². The van der Waals surface area contributed by atoms with Crippen LogP contribution in [0.2, 0.25) is 5.02 Å². The van der Waals surface area contributed by atoms with E-state index in [9.17, 15) is 0 Å². The molecule has 0 N–H and O–H groups in total. The van der Waals surface area contributed by atoms with Gasteiger partial charge in [-0.05, 0) is 36.7 Å². The highest BCUT2D eigenvalue weighted by molar-refractivity contribution is 6.30. The van der Waals surface area contributed by atoms with Crippen molar-refractivity contribution in [1.29, 1.82) is 0 Å². The molecule has 2 nitrogen and oxygen atoms in total. The van der Waals surface area contributed by atoms with E-state index >= 15 is 0 Å². The Labute approximate surface area is 109 Å². The Bertz CT molecular complexity index is 370. The van der Waals surface area contributed by atoms with Crippen LogP contribution in [0.25, 0.3) is 0 Å². The van der Waals surface area contributed by atoms with Gasteiger partial charge in [0.15, 0.2) is 0 Å². The topological polar surface area (TPSA) is 6.48 Å². The molecule has 1 fully saturated rings. The zero-order chi connectivity index (χ0) is 12.3. The summed E-state index contributed by atoms with van der Waals surface area (Å²) in [5, 5.41) is 0.853. The fraction of sp³-hybridized carbons (Fsp3) is 0.571. The minimum atomic E-state index is 0.853. The average molecular weight is 253 g/mol. The van der Waals surface area contributed by atoms with Crippen LogP contribution in [0.15, 0.2) is 18.2 Å². The second-order valence-corrected chi connectivity index (χ2v) is 5.28. The van der Waals surface area contributed by atoms with Crippen molar-refractivity contribution in [3.63, 3.8) is 0 Å². The van der Waals surface area contributed by atoms with Crippen LogP contribution in [-0.4, -0.2) is 43.0 Å². The summed E-state index contributed by atoms with van der Waals surface area (Å²) in [5.41, 5.74) is 2.82. The molecule has 0 spiro atoms. The SMILES string of the molecule is CCc1ccc(Cl)cc1CN1CCN(C)CC1. The second-order valence-electron chi connectivity index (χ2n) is 4.85. The predicted octanol–water partition coefficient (Wildman–Crippen LogP) is 2.65. The van der Waals surface area contributed by atoms with E-state index in [0.717, 1.165) is 31.1 Å². The molecule has 0 atom stereocenters. The molecule has 0 bridgehead atoms. The normalized spacial score (nSPS) is 18.5. The maximum atomic E-state index is 6.09. The van der Waals surface area contributed by atoms with E-state index in [0.29, 0.717) is 0 Å².